The number of hydrogen-bond donors (Lipinski definition) is 2. The molecule has 2 N–H and O–H groups in total. The molecule has 2 saturated heterocycles. The largest absolute Gasteiger partial charge is 0.495 e. The van der Waals surface area contributed by atoms with Crippen LogP contribution in [0.2, 0.25) is 0 Å². The van der Waals surface area contributed by atoms with Crippen molar-refractivity contribution in [2.75, 3.05) is 32.3 Å². The second-order valence-corrected chi connectivity index (χ2v) is 9.56. The van der Waals surface area contributed by atoms with Gasteiger partial charge in [0.25, 0.3) is 0 Å². The van der Waals surface area contributed by atoms with Gasteiger partial charge in [0.15, 0.2) is 11.6 Å². The zero-order chi connectivity index (χ0) is 21.4. The number of aromatic nitrogens is 2. The van der Waals surface area contributed by atoms with Crippen LogP contribution < -0.4 is 14.8 Å². The molecular formula is C19H22F2N4O4S. The molecule has 0 aromatic carbocycles. The Morgan fingerprint density at radius 3 is 2.80 bits per heavy atom. The van der Waals surface area contributed by atoms with E-state index in [4.69, 9.17) is 9.47 Å². The maximum atomic E-state index is 14.5. The molecule has 2 aromatic heterocycles. The van der Waals surface area contributed by atoms with Gasteiger partial charge in [0.2, 0.25) is 10.0 Å². The number of rotatable bonds is 9. The normalized spacial score (nSPS) is 25.0. The second-order valence-electron chi connectivity index (χ2n) is 7.79. The molecule has 4 heterocycles. The van der Waals surface area contributed by atoms with Crippen LogP contribution in [0.1, 0.15) is 18.5 Å². The molecule has 3 aliphatic rings. The third-order valence-electron chi connectivity index (χ3n) is 5.58. The Labute approximate surface area is 173 Å². The number of hydrogen-bond acceptors (Lipinski definition) is 7. The van der Waals surface area contributed by atoms with Crippen LogP contribution in [0.25, 0.3) is 0 Å². The molecular weight excluding hydrogens is 418 g/mol. The predicted molar refractivity (Wildman–Crippen MR) is 104 cm³/mol. The smallest absolute Gasteiger partial charge is 0.242 e. The minimum Gasteiger partial charge on any atom is -0.495 e. The first-order valence-electron chi connectivity index (χ1n) is 9.37. The van der Waals surface area contributed by atoms with Crippen LogP contribution in [0.15, 0.2) is 35.5 Å². The summed E-state index contributed by atoms with van der Waals surface area (Å²) in [4.78, 5) is 7.77. The first-order chi connectivity index (χ1) is 14.3. The zero-order valence-corrected chi connectivity index (χ0v) is 17.1. The maximum Gasteiger partial charge on any atom is 0.242 e. The van der Waals surface area contributed by atoms with E-state index in [1.165, 1.54) is 7.11 Å². The topological polar surface area (TPSA) is 102 Å². The molecule has 162 valence electrons. The molecule has 8 nitrogen and oxygen atoms in total. The fourth-order valence-electron chi connectivity index (χ4n) is 4.07. The summed E-state index contributed by atoms with van der Waals surface area (Å²) in [5.74, 6) is -0.372. The van der Waals surface area contributed by atoms with Gasteiger partial charge in [-0.15, -0.1) is 0 Å². The van der Waals surface area contributed by atoms with E-state index < -0.39 is 33.5 Å². The van der Waals surface area contributed by atoms with Gasteiger partial charge in [-0.05, 0) is 31.0 Å². The van der Waals surface area contributed by atoms with Crippen molar-refractivity contribution in [2.45, 2.75) is 29.9 Å². The van der Waals surface area contributed by atoms with Crippen molar-refractivity contribution in [3.05, 3.63) is 42.1 Å². The van der Waals surface area contributed by atoms with E-state index >= 15 is 0 Å². The average molecular weight is 440 g/mol. The molecule has 1 saturated carbocycles. The van der Waals surface area contributed by atoms with Crippen LogP contribution >= 0.6 is 0 Å². The summed E-state index contributed by atoms with van der Waals surface area (Å²) >= 11 is 0. The molecule has 30 heavy (non-hydrogen) atoms. The van der Waals surface area contributed by atoms with Crippen molar-refractivity contribution in [3.63, 3.8) is 0 Å². The van der Waals surface area contributed by atoms with E-state index in [1.807, 2.05) is 0 Å². The Balaban J connectivity index is 1.40. The lowest BCUT2D eigenvalue weighted by atomic mass is 9.63. The van der Waals surface area contributed by atoms with Crippen LogP contribution in [0.5, 0.6) is 5.75 Å². The van der Waals surface area contributed by atoms with Crippen LogP contribution in [-0.2, 0) is 21.3 Å². The molecule has 2 bridgehead atoms. The van der Waals surface area contributed by atoms with Crippen molar-refractivity contribution in [3.8, 4) is 5.75 Å². The number of fused-ring (bicyclic) bond motifs is 1. The quantitative estimate of drug-likeness (QED) is 0.615. The van der Waals surface area contributed by atoms with E-state index in [9.17, 15) is 17.2 Å². The monoisotopic (exact) mass is 440 g/mol. The Morgan fingerprint density at radius 2 is 2.13 bits per heavy atom. The predicted octanol–water partition coefficient (Wildman–Crippen LogP) is 2.03. The average Bonchev–Trinajstić information content (AvgIpc) is 3.28. The highest BCUT2D eigenvalue weighted by molar-refractivity contribution is 7.89. The second kappa shape index (κ2) is 7.71. The molecule has 3 fully saturated rings. The lowest BCUT2D eigenvalue weighted by molar-refractivity contribution is -0.0333. The van der Waals surface area contributed by atoms with Crippen LogP contribution in [0, 0.1) is 11.2 Å². The Bertz CT molecular complexity index is 1040. The number of methoxy groups -OCH3 is 1. The first kappa shape index (κ1) is 20.9. The molecule has 5 rings (SSSR count). The maximum absolute atomic E-state index is 14.5. The van der Waals surface area contributed by atoms with E-state index in [0.29, 0.717) is 30.9 Å². The summed E-state index contributed by atoms with van der Waals surface area (Å²) in [5.41, 5.74) is -0.584. The van der Waals surface area contributed by atoms with Gasteiger partial charge in [0.05, 0.1) is 25.9 Å². The van der Waals surface area contributed by atoms with Gasteiger partial charge in [0.1, 0.15) is 23.0 Å². The Morgan fingerprint density at radius 1 is 1.33 bits per heavy atom. The van der Waals surface area contributed by atoms with Gasteiger partial charge in [0, 0.05) is 24.4 Å². The van der Waals surface area contributed by atoms with Crippen molar-refractivity contribution in [2.24, 2.45) is 5.41 Å². The molecule has 0 unspecified atom stereocenters. The summed E-state index contributed by atoms with van der Waals surface area (Å²) in [6.45, 7) is -0.00331. The van der Waals surface area contributed by atoms with E-state index in [-0.39, 0.29) is 23.8 Å². The molecule has 1 aliphatic carbocycles. The first-order valence-corrected chi connectivity index (χ1v) is 10.9. The highest BCUT2D eigenvalue weighted by Crippen LogP contribution is 2.57. The fourth-order valence-corrected chi connectivity index (χ4v) is 5.19. The van der Waals surface area contributed by atoms with Gasteiger partial charge in [-0.1, -0.05) is 0 Å². The summed E-state index contributed by atoms with van der Waals surface area (Å²) in [6.07, 6.45) is 3.62. The Hall–Kier alpha value is -2.37. The molecule has 2 aromatic rings. The fraction of sp³-hybridized carbons (Fsp3) is 0.474. The highest BCUT2D eigenvalue weighted by atomic mass is 32.2. The molecule has 11 heteroatoms. The molecule has 0 radical (unpaired) electrons. The van der Waals surface area contributed by atoms with Crippen LogP contribution in [0.4, 0.5) is 14.6 Å². The minimum atomic E-state index is -3.97. The number of pyridine rings is 2. The van der Waals surface area contributed by atoms with Gasteiger partial charge < -0.3 is 14.8 Å². The number of sulfonamides is 1. The number of ether oxygens (including phenoxy) is 2. The number of anilines is 1. The van der Waals surface area contributed by atoms with Gasteiger partial charge in [-0.25, -0.2) is 26.9 Å². The molecule has 0 atom stereocenters. The molecule has 2 aliphatic heterocycles. The lowest BCUT2D eigenvalue weighted by Crippen LogP contribution is -2.51. The summed E-state index contributed by atoms with van der Waals surface area (Å²) in [5, 5.41) is 2.79. The third kappa shape index (κ3) is 3.84. The van der Waals surface area contributed by atoms with E-state index in [2.05, 4.69) is 20.0 Å². The van der Waals surface area contributed by atoms with Crippen molar-refractivity contribution < 1.29 is 26.7 Å². The SMILES string of the molecule is COc1cccnc1CNc1ncc(S(=O)(=O)NCC23COC(CF)(C2)C3)cc1F. The lowest BCUT2D eigenvalue weighted by Gasteiger charge is -2.42. The van der Waals surface area contributed by atoms with Gasteiger partial charge in [-0.3, -0.25) is 4.98 Å². The summed E-state index contributed by atoms with van der Waals surface area (Å²) < 4.78 is 65.6. The van der Waals surface area contributed by atoms with Crippen LogP contribution in [0.3, 0.4) is 0 Å². The minimum absolute atomic E-state index is 0.101. The van der Waals surface area contributed by atoms with E-state index in [1.54, 1.807) is 18.3 Å². The van der Waals surface area contributed by atoms with Gasteiger partial charge >= 0.3 is 0 Å². The van der Waals surface area contributed by atoms with Gasteiger partial charge in [-0.2, -0.15) is 0 Å². The zero-order valence-electron chi connectivity index (χ0n) is 16.3. The van der Waals surface area contributed by atoms with Crippen molar-refractivity contribution in [1.82, 2.24) is 14.7 Å². The highest BCUT2D eigenvalue weighted by Gasteiger charge is 2.62. The van der Waals surface area contributed by atoms with E-state index in [0.717, 1.165) is 12.3 Å². The standard InChI is InChI=1S/C19H22F2N4O4S/c1-28-16-3-2-4-22-15(16)7-24-17-14(21)5-13(6-23-17)30(26,27)25-11-18-8-19(9-18,10-20)29-12-18/h2-6,25H,7-12H2,1H3,(H,23,24). The third-order valence-corrected chi connectivity index (χ3v) is 6.95. The number of nitrogens with one attached hydrogen (secondary N) is 2. The Kier molecular flexibility index (Phi) is 5.37. The number of nitrogens with zero attached hydrogens (tertiary/aromatic N) is 2. The number of alkyl halides is 1. The van der Waals surface area contributed by atoms with Crippen molar-refractivity contribution in [1.29, 1.82) is 0 Å². The summed E-state index contributed by atoms with van der Waals surface area (Å²) in [6, 6.07) is 4.35. The molecule has 0 amide bonds. The molecule has 0 spiro atoms. The number of halogens is 2. The van der Waals surface area contributed by atoms with Crippen molar-refractivity contribution >= 4 is 15.8 Å². The summed E-state index contributed by atoms with van der Waals surface area (Å²) in [7, 11) is -2.46. The van der Waals surface area contributed by atoms with Crippen LogP contribution in [-0.4, -0.2) is 50.9 Å².